The molecular formula is C17H28N4O2. The van der Waals surface area contributed by atoms with E-state index in [9.17, 15) is 4.79 Å². The van der Waals surface area contributed by atoms with Gasteiger partial charge in [0, 0.05) is 20.1 Å². The predicted octanol–water partition coefficient (Wildman–Crippen LogP) is 1.49. The first-order valence-corrected chi connectivity index (χ1v) is 8.11. The maximum absolute atomic E-state index is 11.6. The Morgan fingerprint density at radius 1 is 1.22 bits per heavy atom. The van der Waals surface area contributed by atoms with E-state index in [1.807, 2.05) is 56.1 Å². The fraction of sp³-hybridized carbons (Fsp3) is 0.529. The number of benzene rings is 1. The van der Waals surface area contributed by atoms with Crippen molar-refractivity contribution in [2.75, 3.05) is 39.8 Å². The van der Waals surface area contributed by atoms with E-state index in [1.165, 1.54) is 0 Å². The number of aliphatic imine (C=N–C) groups is 1. The third-order valence-corrected chi connectivity index (χ3v) is 3.08. The highest BCUT2D eigenvalue weighted by molar-refractivity contribution is 5.84. The molecule has 0 heterocycles. The van der Waals surface area contributed by atoms with Crippen molar-refractivity contribution in [3.05, 3.63) is 30.3 Å². The Balaban J connectivity index is 2.43. The van der Waals surface area contributed by atoms with Gasteiger partial charge in [0.05, 0.1) is 6.54 Å². The molecule has 0 saturated carbocycles. The Hall–Kier alpha value is -2.24. The van der Waals surface area contributed by atoms with Crippen molar-refractivity contribution in [1.82, 2.24) is 15.5 Å². The van der Waals surface area contributed by atoms with E-state index in [1.54, 1.807) is 0 Å². The van der Waals surface area contributed by atoms with Crippen LogP contribution in [-0.2, 0) is 4.79 Å². The summed E-state index contributed by atoms with van der Waals surface area (Å²) in [6.07, 6.45) is 0.923. The van der Waals surface area contributed by atoms with Crippen LogP contribution in [0.4, 0.5) is 0 Å². The molecular weight excluding hydrogens is 292 g/mol. The monoisotopic (exact) mass is 320 g/mol. The molecule has 0 fully saturated rings. The van der Waals surface area contributed by atoms with Gasteiger partial charge >= 0.3 is 0 Å². The van der Waals surface area contributed by atoms with E-state index in [0.29, 0.717) is 25.7 Å². The van der Waals surface area contributed by atoms with Crippen molar-refractivity contribution in [1.29, 1.82) is 0 Å². The van der Waals surface area contributed by atoms with Crippen LogP contribution in [0.3, 0.4) is 0 Å². The van der Waals surface area contributed by atoms with Gasteiger partial charge in [0.15, 0.2) is 5.96 Å². The van der Waals surface area contributed by atoms with Gasteiger partial charge in [0.1, 0.15) is 18.9 Å². The van der Waals surface area contributed by atoms with E-state index in [-0.39, 0.29) is 12.5 Å². The van der Waals surface area contributed by atoms with Crippen molar-refractivity contribution in [2.45, 2.75) is 20.3 Å². The highest BCUT2D eigenvalue weighted by atomic mass is 16.5. The van der Waals surface area contributed by atoms with Crippen LogP contribution in [0.5, 0.6) is 5.75 Å². The predicted molar refractivity (Wildman–Crippen MR) is 93.8 cm³/mol. The molecule has 0 bridgehead atoms. The number of ether oxygens (including phenoxy) is 1. The molecule has 128 valence electrons. The summed E-state index contributed by atoms with van der Waals surface area (Å²) in [4.78, 5) is 18.0. The van der Waals surface area contributed by atoms with Crippen LogP contribution in [0, 0.1) is 0 Å². The second-order valence-electron chi connectivity index (χ2n) is 5.10. The van der Waals surface area contributed by atoms with E-state index < -0.39 is 0 Å². The summed E-state index contributed by atoms with van der Waals surface area (Å²) in [7, 11) is 1.93. The summed E-state index contributed by atoms with van der Waals surface area (Å²) in [5, 5.41) is 6.00. The second-order valence-corrected chi connectivity index (χ2v) is 5.10. The average molecular weight is 320 g/mol. The minimum Gasteiger partial charge on any atom is -0.492 e. The Morgan fingerprint density at radius 2 is 1.96 bits per heavy atom. The molecule has 2 N–H and O–H groups in total. The molecule has 0 atom stereocenters. The summed E-state index contributed by atoms with van der Waals surface area (Å²) >= 11 is 0. The van der Waals surface area contributed by atoms with Crippen molar-refractivity contribution in [3.63, 3.8) is 0 Å². The highest BCUT2D eigenvalue weighted by Gasteiger charge is 2.07. The van der Waals surface area contributed by atoms with Gasteiger partial charge in [-0.15, -0.1) is 0 Å². The van der Waals surface area contributed by atoms with Crippen LogP contribution < -0.4 is 15.4 Å². The van der Waals surface area contributed by atoms with Gasteiger partial charge < -0.3 is 20.3 Å². The number of hydrogen-bond acceptors (Lipinski definition) is 3. The molecule has 0 saturated heterocycles. The van der Waals surface area contributed by atoms with Crippen LogP contribution in [0.1, 0.15) is 20.3 Å². The number of likely N-dealkylation sites (N-methyl/N-ethyl adjacent to an activating group) is 1. The lowest BCUT2D eigenvalue weighted by molar-refractivity contribution is -0.119. The molecule has 1 rings (SSSR count). The fourth-order valence-corrected chi connectivity index (χ4v) is 1.86. The third kappa shape index (κ3) is 8.09. The molecule has 0 aromatic heterocycles. The van der Waals surface area contributed by atoms with Gasteiger partial charge in [-0.3, -0.25) is 4.79 Å². The third-order valence-electron chi connectivity index (χ3n) is 3.08. The van der Waals surface area contributed by atoms with Gasteiger partial charge in [-0.05, 0) is 25.5 Å². The van der Waals surface area contributed by atoms with E-state index in [2.05, 4.69) is 15.6 Å². The number of hydrogen-bond donors (Lipinski definition) is 2. The number of nitrogens with zero attached hydrogens (tertiary/aromatic N) is 2. The van der Waals surface area contributed by atoms with Crippen LogP contribution in [0.15, 0.2) is 35.3 Å². The normalized spacial score (nSPS) is 11.0. The average Bonchev–Trinajstić information content (AvgIpc) is 2.57. The Kier molecular flexibility index (Phi) is 9.28. The zero-order valence-electron chi connectivity index (χ0n) is 14.3. The summed E-state index contributed by atoms with van der Waals surface area (Å²) in [5.41, 5.74) is 0. The maximum Gasteiger partial charge on any atom is 0.241 e. The van der Waals surface area contributed by atoms with Gasteiger partial charge in [-0.2, -0.15) is 0 Å². The van der Waals surface area contributed by atoms with Crippen LogP contribution >= 0.6 is 0 Å². The molecule has 1 aromatic carbocycles. The quantitative estimate of drug-likeness (QED) is 0.534. The number of nitrogens with one attached hydrogen (secondary N) is 2. The molecule has 1 aromatic rings. The lowest BCUT2D eigenvalue weighted by atomic mass is 10.3. The number of carbonyl (C=O) groups is 1. The maximum atomic E-state index is 11.6. The van der Waals surface area contributed by atoms with Crippen molar-refractivity contribution >= 4 is 11.9 Å². The largest absolute Gasteiger partial charge is 0.492 e. The summed E-state index contributed by atoms with van der Waals surface area (Å²) < 4.78 is 5.68. The number of carbonyl (C=O) groups excluding carboxylic acids is 1. The Morgan fingerprint density at radius 3 is 2.61 bits per heavy atom. The number of para-hydroxylation sites is 1. The van der Waals surface area contributed by atoms with Gasteiger partial charge in [-0.25, -0.2) is 4.99 Å². The van der Waals surface area contributed by atoms with Crippen LogP contribution in [0.2, 0.25) is 0 Å². The fourth-order valence-electron chi connectivity index (χ4n) is 1.86. The first-order valence-electron chi connectivity index (χ1n) is 8.11. The van der Waals surface area contributed by atoms with Crippen LogP contribution in [0.25, 0.3) is 0 Å². The van der Waals surface area contributed by atoms with E-state index in [4.69, 9.17) is 4.74 Å². The topological polar surface area (TPSA) is 66.0 Å². The van der Waals surface area contributed by atoms with Crippen LogP contribution in [-0.4, -0.2) is 56.6 Å². The molecule has 0 unspecified atom stereocenters. The standard InChI is InChI=1S/C17H28N4O2/c1-4-11-19-16(22)14-20-17(18-5-2)21(3)12-13-23-15-9-7-6-8-10-15/h6-10H,4-5,11-14H2,1-3H3,(H,18,20)(H,19,22). The van der Waals surface area contributed by atoms with Crippen molar-refractivity contribution in [2.24, 2.45) is 4.99 Å². The summed E-state index contributed by atoms with van der Waals surface area (Å²) in [6.45, 7) is 6.82. The SMILES string of the molecule is CCCNC(=O)CN=C(NCC)N(C)CCOc1ccccc1. The summed E-state index contributed by atoms with van der Waals surface area (Å²) in [5.74, 6) is 1.49. The Bertz CT molecular complexity index is 477. The smallest absolute Gasteiger partial charge is 0.241 e. The number of rotatable bonds is 9. The minimum absolute atomic E-state index is 0.0591. The number of amides is 1. The molecule has 6 heteroatoms. The first-order chi connectivity index (χ1) is 11.2. The first kappa shape index (κ1) is 18.8. The molecule has 23 heavy (non-hydrogen) atoms. The highest BCUT2D eigenvalue weighted by Crippen LogP contribution is 2.07. The number of guanidine groups is 1. The van der Waals surface area contributed by atoms with Crippen molar-refractivity contribution < 1.29 is 9.53 Å². The van der Waals surface area contributed by atoms with Gasteiger partial charge in [-0.1, -0.05) is 25.1 Å². The minimum atomic E-state index is -0.0591. The lowest BCUT2D eigenvalue weighted by Gasteiger charge is -2.22. The molecule has 0 spiro atoms. The molecule has 1 amide bonds. The molecule has 0 radical (unpaired) electrons. The van der Waals surface area contributed by atoms with E-state index in [0.717, 1.165) is 18.7 Å². The zero-order valence-corrected chi connectivity index (χ0v) is 14.3. The van der Waals surface area contributed by atoms with Gasteiger partial charge in [0.25, 0.3) is 0 Å². The van der Waals surface area contributed by atoms with E-state index >= 15 is 0 Å². The summed E-state index contributed by atoms with van der Waals surface area (Å²) in [6, 6.07) is 9.70. The molecule has 0 aliphatic rings. The molecule has 6 nitrogen and oxygen atoms in total. The van der Waals surface area contributed by atoms with Gasteiger partial charge in [0.2, 0.25) is 5.91 Å². The Labute approximate surface area is 138 Å². The molecule has 0 aliphatic heterocycles. The zero-order chi connectivity index (χ0) is 16.9. The second kappa shape index (κ2) is 11.3. The molecule has 0 aliphatic carbocycles. The van der Waals surface area contributed by atoms with Crippen molar-refractivity contribution in [3.8, 4) is 5.75 Å². The lowest BCUT2D eigenvalue weighted by Crippen LogP contribution is -2.41.